The number of imidazole rings is 1. The normalized spacial score (nSPS) is 10.7. The lowest BCUT2D eigenvalue weighted by Crippen LogP contribution is -2.06. The molecule has 2 heterocycles. The number of hydrogen-bond acceptors (Lipinski definition) is 6. The van der Waals surface area contributed by atoms with Crippen molar-refractivity contribution < 1.29 is 14.3 Å². The third-order valence-electron chi connectivity index (χ3n) is 2.89. The lowest BCUT2D eigenvalue weighted by atomic mass is 10.2. The van der Waals surface area contributed by atoms with Crippen LogP contribution in [-0.2, 0) is 11.3 Å². The molecular weight excluding hydrogens is 290 g/mol. The van der Waals surface area contributed by atoms with Crippen molar-refractivity contribution in [2.45, 2.75) is 6.61 Å². The fraction of sp³-hybridized carbons (Fsp3) is 0.143. The van der Waals surface area contributed by atoms with Gasteiger partial charge in [0.2, 0.25) is 0 Å². The van der Waals surface area contributed by atoms with Crippen molar-refractivity contribution in [3.05, 3.63) is 47.2 Å². The van der Waals surface area contributed by atoms with Crippen LogP contribution in [0.1, 0.15) is 16.1 Å². The Labute approximate surface area is 124 Å². The molecule has 0 aliphatic heterocycles. The monoisotopic (exact) mass is 303 g/mol. The molecule has 0 spiro atoms. The van der Waals surface area contributed by atoms with Crippen LogP contribution in [0, 0.1) is 0 Å². The van der Waals surface area contributed by atoms with Crippen molar-refractivity contribution in [1.82, 2.24) is 9.38 Å². The van der Waals surface area contributed by atoms with E-state index >= 15 is 0 Å². The topological polar surface area (TPSA) is 78.8 Å². The van der Waals surface area contributed by atoms with E-state index in [1.54, 1.807) is 18.2 Å². The fourth-order valence-electron chi connectivity index (χ4n) is 1.93. The highest BCUT2D eigenvalue weighted by atomic mass is 32.1. The maximum absolute atomic E-state index is 12.0. The zero-order chi connectivity index (χ0) is 14.8. The summed E-state index contributed by atoms with van der Waals surface area (Å²) in [5, 5.41) is 1.94. The van der Waals surface area contributed by atoms with Crippen LogP contribution in [-0.4, -0.2) is 22.5 Å². The summed E-state index contributed by atoms with van der Waals surface area (Å²) in [5.74, 6) is 0.0569. The zero-order valence-corrected chi connectivity index (χ0v) is 12.1. The van der Waals surface area contributed by atoms with Gasteiger partial charge in [-0.05, 0) is 12.1 Å². The summed E-state index contributed by atoms with van der Waals surface area (Å²) in [6.07, 6.45) is 3.74. The number of benzene rings is 1. The Balaban J connectivity index is 1.71. The Bertz CT molecular complexity index is 765. The van der Waals surface area contributed by atoms with Crippen LogP contribution in [0.25, 0.3) is 4.96 Å². The number of nitrogen functional groups attached to an aromatic ring is 1. The Hall–Kier alpha value is -2.54. The molecule has 3 rings (SSSR count). The van der Waals surface area contributed by atoms with Crippen LogP contribution in [0.15, 0.2) is 36.0 Å². The van der Waals surface area contributed by atoms with E-state index in [2.05, 4.69) is 4.98 Å². The predicted octanol–water partition coefficient (Wildman–Crippen LogP) is 2.34. The number of thiazole rings is 1. The first-order valence-electron chi connectivity index (χ1n) is 6.18. The molecule has 21 heavy (non-hydrogen) atoms. The number of hydrogen-bond donors (Lipinski definition) is 1. The Morgan fingerprint density at radius 2 is 2.29 bits per heavy atom. The number of carbonyl (C=O) groups is 1. The third-order valence-corrected chi connectivity index (χ3v) is 3.67. The maximum atomic E-state index is 12.0. The van der Waals surface area contributed by atoms with Crippen molar-refractivity contribution in [2.75, 3.05) is 12.8 Å². The van der Waals surface area contributed by atoms with Gasteiger partial charge in [0.05, 0.1) is 18.4 Å². The Morgan fingerprint density at radius 1 is 1.43 bits per heavy atom. The van der Waals surface area contributed by atoms with Gasteiger partial charge in [0.1, 0.15) is 12.4 Å². The first-order valence-corrected chi connectivity index (χ1v) is 7.06. The second-order valence-electron chi connectivity index (χ2n) is 4.40. The van der Waals surface area contributed by atoms with Crippen LogP contribution in [0.2, 0.25) is 0 Å². The van der Waals surface area contributed by atoms with Gasteiger partial charge < -0.3 is 15.2 Å². The molecule has 0 bridgehead atoms. The van der Waals surface area contributed by atoms with Gasteiger partial charge >= 0.3 is 5.97 Å². The van der Waals surface area contributed by atoms with Crippen molar-refractivity contribution in [2.24, 2.45) is 0 Å². The summed E-state index contributed by atoms with van der Waals surface area (Å²) in [5.41, 5.74) is 7.22. The Morgan fingerprint density at radius 3 is 3.05 bits per heavy atom. The highest BCUT2D eigenvalue weighted by Crippen LogP contribution is 2.19. The van der Waals surface area contributed by atoms with Crippen molar-refractivity contribution in [3.8, 4) is 5.75 Å². The number of methoxy groups -OCH3 is 1. The second-order valence-corrected chi connectivity index (χ2v) is 5.27. The van der Waals surface area contributed by atoms with E-state index in [1.165, 1.54) is 18.4 Å². The Kier molecular flexibility index (Phi) is 3.49. The number of nitrogens with two attached hydrogens (primary N) is 1. The van der Waals surface area contributed by atoms with E-state index in [-0.39, 0.29) is 6.61 Å². The van der Waals surface area contributed by atoms with Gasteiger partial charge in [-0.1, -0.05) is 0 Å². The molecule has 0 saturated carbocycles. The first kappa shape index (κ1) is 13.4. The van der Waals surface area contributed by atoms with E-state index in [0.29, 0.717) is 22.7 Å². The number of ether oxygens (including phenoxy) is 2. The largest absolute Gasteiger partial charge is 0.497 e. The minimum absolute atomic E-state index is 0.115. The number of rotatable bonds is 4. The van der Waals surface area contributed by atoms with E-state index in [0.717, 1.165) is 4.96 Å². The van der Waals surface area contributed by atoms with E-state index < -0.39 is 5.97 Å². The molecule has 0 aliphatic carbocycles. The molecule has 1 aromatic carbocycles. The van der Waals surface area contributed by atoms with Gasteiger partial charge in [-0.3, -0.25) is 4.40 Å². The highest BCUT2D eigenvalue weighted by Gasteiger charge is 2.11. The molecule has 2 aromatic heterocycles. The van der Waals surface area contributed by atoms with Crippen LogP contribution < -0.4 is 10.5 Å². The lowest BCUT2D eigenvalue weighted by molar-refractivity contribution is 0.0468. The summed E-state index contributed by atoms with van der Waals surface area (Å²) in [6.45, 7) is 0.115. The number of anilines is 1. The molecule has 0 unspecified atom stereocenters. The summed E-state index contributed by atoms with van der Waals surface area (Å²) >= 11 is 1.52. The number of esters is 1. The molecule has 7 heteroatoms. The molecule has 0 radical (unpaired) electrons. The summed E-state index contributed by atoms with van der Waals surface area (Å²) in [4.78, 5) is 17.2. The minimum atomic E-state index is -0.461. The first-order chi connectivity index (χ1) is 10.2. The SMILES string of the molecule is COc1cc(N)cc(C(=O)OCc2cn3ccsc3n2)c1. The number of aromatic nitrogens is 2. The minimum Gasteiger partial charge on any atom is -0.497 e. The van der Waals surface area contributed by atoms with Gasteiger partial charge in [-0.25, -0.2) is 9.78 Å². The van der Waals surface area contributed by atoms with Crippen molar-refractivity contribution in [3.63, 3.8) is 0 Å². The molecule has 0 fully saturated rings. The highest BCUT2D eigenvalue weighted by molar-refractivity contribution is 7.15. The van der Waals surface area contributed by atoms with Gasteiger partial charge in [0, 0.05) is 29.5 Å². The van der Waals surface area contributed by atoms with Crippen LogP contribution in [0.3, 0.4) is 0 Å². The molecule has 6 nitrogen and oxygen atoms in total. The number of fused-ring (bicyclic) bond motifs is 1. The predicted molar refractivity (Wildman–Crippen MR) is 79.6 cm³/mol. The van der Waals surface area contributed by atoms with Crippen molar-refractivity contribution in [1.29, 1.82) is 0 Å². The summed E-state index contributed by atoms with van der Waals surface area (Å²) in [7, 11) is 1.52. The van der Waals surface area contributed by atoms with E-state index in [4.69, 9.17) is 15.2 Å². The quantitative estimate of drug-likeness (QED) is 0.591. The van der Waals surface area contributed by atoms with Gasteiger partial charge in [0.25, 0.3) is 0 Å². The number of carbonyl (C=O) groups excluding carboxylic acids is 1. The fourth-order valence-corrected chi connectivity index (χ4v) is 2.65. The van der Waals surface area contributed by atoms with Crippen LogP contribution in [0.5, 0.6) is 5.75 Å². The van der Waals surface area contributed by atoms with Crippen LogP contribution >= 0.6 is 11.3 Å². The molecular formula is C14H13N3O3S. The molecule has 0 saturated heterocycles. The van der Waals surface area contributed by atoms with E-state index in [1.807, 2.05) is 22.2 Å². The molecule has 3 aromatic rings. The average molecular weight is 303 g/mol. The van der Waals surface area contributed by atoms with Gasteiger partial charge in [-0.2, -0.15) is 0 Å². The molecule has 108 valence electrons. The lowest BCUT2D eigenvalue weighted by Gasteiger charge is -2.06. The summed E-state index contributed by atoms with van der Waals surface area (Å²) in [6, 6.07) is 4.78. The molecule has 2 N–H and O–H groups in total. The van der Waals surface area contributed by atoms with Crippen molar-refractivity contribution >= 4 is 28.0 Å². The smallest absolute Gasteiger partial charge is 0.338 e. The second kappa shape index (κ2) is 5.45. The standard InChI is InChI=1S/C14H13N3O3S/c1-19-12-5-9(4-10(15)6-12)13(18)20-8-11-7-17-2-3-21-14(17)16-11/h2-7H,8,15H2,1H3. The maximum Gasteiger partial charge on any atom is 0.338 e. The van der Waals surface area contributed by atoms with Crippen LogP contribution in [0.4, 0.5) is 5.69 Å². The van der Waals surface area contributed by atoms with Gasteiger partial charge in [-0.15, -0.1) is 11.3 Å². The number of nitrogens with zero attached hydrogens (tertiary/aromatic N) is 2. The van der Waals surface area contributed by atoms with E-state index in [9.17, 15) is 4.79 Å². The molecule has 0 atom stereocenters. The molecule has 0 amide bonds. The molecule has 0 aliphatic rings. The van der Waals surface area contributed by atoms with Gasteiger partial charge in [0.15, 0.2) is 4.96 Å². The summed E-state index contributed by atoms with van der Waals surface area (Å²) < 4.78 is 12.2. The zero-order valence-electron chi connectivity index (χ0n) is 11.3. The third kappa shape index (κ3) is 2.82. The average Bonchev–Trinajstić information content (AvgIpc) is 3.05.